The van der Waals surface area contributed by atoms with Gasteiger partial charge in [-0.3, -0.25) is 38.6 Å². The zero-order valence-corrected chi connectivity index (χ0v) is 35.7. The number of nitrogens with two attached hydrogens (primary N) is 5. The molecule has 21 nitrogen and oxygen atoms in total. The maximum absolute atomic E-state index is 14.1. The first kappa shape index (κ1) is 51.1. The molecule has 15 N–H and O–H groups in total. The Morgan fingerprint density at radius 2 is 1.17 bits per heavy atom. The average molecular weight is 851 g/mol. The molecule has 21 heteroatoms. The summed E-state index contributed by atoms with van der Waals surface area (Å²) in [5.41, 5.74) is 28.0. The van der Waals surface area contributed by atoms with E-state index in [0.717, 1.165) is 0 Å². The van der Waals surface area contributed by atoms with E-state index in [2.05, 4.69) is 26.3 Å². The predicted octanol–water partition coefficient (Wildman–Crippen LogP) is -2.14. The third kappa shape index (κ3) is 16.9. The summed E-state index contributed by atoms with van der Waals surface area (Å²) in [5.74, 6) is -5.72. The van der Waals surface area contributed by atoms with Crippen molar-refractivity contribution >= 4 is 53.3 Å². The van der Waals surface area contributed by atoms with Crippen LogP contribution in [0.25, 0.3) is 0 Å². The van der Waals surface area contributed by atoms with Gasteiger partial charge in [0.15, 0.2) is 5.96 Å². The minimum Gasteiger partial charge on any atom is -0.480 e. The summed E-state index contributed by atoms with van der Waals surface area (Å²) in [6.45, 7) is 8.37. The van der Waals surface area contributed by atoms with Gasteiger partial charge in [0, 0.05) is 26.1 Å². The van der Waals surface area contributed by atoms with E-state index in [1.165, 1.54) is 9.80 Å². The molecule has 0 aromatic carbocycles. The maximum atomic E-state index is 14.1. The molecule has 7 amide bonds. The van der Waals surface area contributed by atoms with Crippen molar-refractivity contribution in [2.75, 3.05) is 26.2 Å². The largest absolute Gasteiger partial charge is 0.480 e. The standard InChI is InChI=1S/C39H70N12O9/c1-22(2)20-27(48-35(56)29-12-8-18-50(29)36(57)24(41)14-15-31(42)52)34(55)47-26(11-7-17-45-39(43)44)32(53)46-25(10-5-6-16-40)33(54)49-28(21-23(3)4)37(58)51-19-9-13-30(51)38(59)60/h22-30H,5-21,40-41H2,1-4H3,(H2,42,52)(H,46,53)(H,47,55)(H,48,56)(H,49,54)(H,59,60)(H4,43,44,45)/t24-,25-,26-,27-,28-,29-,30-/m0/s1. The number of unbranched alkanes of at least 4 members (excludes halogenated alkanes) is 1. The second kappa shape index (κ2) is 25.5. The summed E-state index contributed by atoms with van der Waals surface area (Å²) < 4.78 is 0. The smallest absolute Gasteiger partial charge is 0.326 e. The fourth-order valence-corrected chi connectivity index (χ4v) is 7.44. The lowest BCUT2D eigenvalue weighted by molar-refractivity contribution is -0.149. The van der Waals surface area contributed by atoms with Crippen LogP contribution >= 0.6 is 0 Å². The van der Waals surface area contributed by atoms with E-state index in [0.29, 0.717) is 45.1 Å². The molecule has 60 heavy (non-hydrogen) atoms. The highest BCUT2D eigenvalue weighted by Gasteiger charge is 2.40. The van der Waals surface area contributed by atoms with E-state index in [-0.39, 0.29) is 82.4 Å². The number of rotatable bonds is 26. The predicted molar refractivity (Wildman–Crippen MR) is 223 cm³/mol. The highest BCUT2D eigenvalue weighted by atomic mass is 16.4. The Morgan fingerprint density at radius 3 is 1.68 bits per heavy atom. The molecule has 0 saturated carbocycles. The second-order valence-electron chi connectivity index (χ2n) is 16.6. The van der Waals surface area contributed by atoms with Crippen LogP contribution in [-0.4, -0.2) is 137 Å². The summed E-state index contributed by atoms with van der Waals surface area (Å²) in [5, 5.41) is 20.8. The molecule has 0 aliphatic carbocycles. The lowest BCUT2D eigenvalue weighted by Gasteiger charge is -2.30. The van der Waals surface area contributed by atoms with Gasteiger partial charge in [-0.05, 0) is 95.4 Å². The number of carbonyl (C=O) groups is 8. The van der Waals surface area contributed by atoms with Gasteiger partial charge in [0.05, 0.1) is 6.04 Å². The zero-order chi connectivity index (χ0) is 45.1. The number of aliphatic imine (C=N–C) groups is 1. The van der Waals surface area contributed by atoms with Crippen LogP contribution in [0.5, 0.6) is 0 Å². The van der Waals surface area contributed by atoms with E-state index >= 15 is 0 Å². The minimum absolute atomic E-state index is 0.0159. The Bertz CT molecular complexity index is 1520. The van der Waals surface area contributed by atoms with Gasteiger partial charge in [0.2, 0.25) is 41.4 Å². The number of primary amides is 1. The molecule has 2 rings (SSSR count). The fourth-order valence-electron chi connectivity index (χ4n) is 7.44. The van der Waals surface area contributed by atoms with Crippen molar-refractivity contribution in [1.29, 1.82) is 0 Å². The van der Waals surface area contributed by atoms with Gasteiger partial charge < -0.3 is 64.8 Å². The normalized spacial score (nSPS) is 18.9. The van der Waals surface area contributed by atoms with Gasteiger partial charge in [-0.2, -0.15) is 0 Å². The summed E-state index contributed by atoms with van der Waals surface area (Å²) in [7, 11) is 0. The van der Waals surface area contributed by atoms with Crippen LogP contribution in [0, 0.1) is 11.8 Å². The number of likely N-dealkylation sites (tertiary alicyclic amines) is 2. The SMILES string of the molecule is CC(C)C[C@H](NC(=O)[C@@H]1CCCN1C(=O)[C@@H](N)CCC(N)=O)C(=O)N[C@@H](CCCN=C(N)N)C(=O)N[C@@H](CCCCN)C(=O)N[C@@H](CC(C)C)C(=O)N1CCC[C@H]1C(=O)O. The van der Waals surface area contributed by atoms with E-state index in [1.807, 2.05) is 27.7 Å². The molecule has 0 bridgehead atoms. The molecular formula is C39H70N12O9. The molecule has 2 aliphatic heterocycles. The van der Waals surface area contributed by atoms with E-state index < -0.39 is 89.6 Å². The molecular weight excluding hydrogens is 781 g/mol. The van der Waals surface area contributed by atoms with Crippen LogP contribution in [0.2, 0.25) is 0 Å². The first-order valence-corrected chi connectivity index (χ1v) is 21.1. The highest BCUT2D eigenvalue weighted by molar-refractivity contribution is 5.97. The van der Waals surface area contributed by atoms with E-state index in [4.69, 9.17) is 28.7 Å². The van der Waals surface area contributed by atoms with Crippen LogP contribution in [0.4, 0.5) is 0 Å². The van der Waals surface area contributed by atoms with Gasteiger partial charge in [0.25, 0.3) is 0 Å². The van der Waals surface area contributed by atoms with Crippen molar-refractivity contribution in [1.82, 2.24) is 31.1 Å². The summed E-state index contributed by atoms with van der Waals surface area (Å²) >= 11 is 0. The molecule has 0 radical (unpaired) electrons. The van der Waals surface area contributed by atoms with Crippen molar-refractivity contribution in [2.24, 2.45) is 45.5 Å². The third-order valence-corrected chi connectivity index (χ3v) is 10.5. The van der Waals surface area contributed by atoms with Crippen molar-refractivity contribution in [3.63, 3.8) is 0 Å². The van der Waals surface area contributed by atoms with Crippen LogP contribution in [0.3, 0.4) is 0 Å². The van der Waals surface area contributed by atoms with Crippen LogP contribution in [-0.2, 0) is 38.4 Å². The molecule has 2 fully saturated rings. The molecule has 0 spiro atoms. The summed E-state index contributed by atoms with van der Waals surface area (Å²) in [4.78, 5) is 112. The van der Waals surface area contributed by atoms with Crippen LogP contribution in [0.15, 0.2) is 4.99 Å². The number of carbonyl (C=O) groups excluding carboxylic acids is 7. The van der Waals surface area contributed by atoms with Crippen molar-refractivity contribution < 1.29 is 43.5 Å². The molecule has 2 heterocycles. The topological polar surface area (TPSA) is 354 Å². The summed E-state index contributed by atoms with van der Waals surface area (Å²) in [6, 6.07) is -7.55. The number of carboxylic acids is 1. The lowest BCUT2D eigenvalue weighted by Crippen LogP contribution is -2.59. The highest BCUT2D eigenvalue weighted by Crippen LogP contribution is 2.22. The van der Waals surface area contributed by atoms with Crippen molar-refractivity contribution in [3.8, 4) is 0 Å². The van der Waals surface area contributed by atoms with Gasteiger partial charge in [-0.1, -0.05) is 27.7 Å². The third-order valence-electron chi connectivity index (χ3n) is 10.5. The van der Waals surface area contributed by atoms with E-state index in [9.17, 15) is 43.5 Å². The fraction of sp³-hybridized carbons (Fsp3) is 0.769. The van der Waals surface area contributed by atoms with E-state index in [1.54, 1.807) is 0 Å². The second-order valence-corrected chi connectivity index (χ2v) is 16.6. The first-order valence-electron chi connectivity index (χ1n) is 21.1. The molecule has 0 aromatic rings. The van der Waals surface area contributed by atoms with Gasteiger partial charge in [-0.25, -0.2) is 4.79 Å². The van der Waals surface area contributed by atoms with Crippen LogP contribution in [0.1, 0.15) is 111 Å². The lowest BCUT2D eigenvalue weighted by atomic mass is 10.00. The number of nitrogens with zero attached hydrogens (tertiary/aromatic N) is 3. The van der Waals surface area contributed by atoms with Gasteiger partial charge >= 0.3 is 5.97 Å². The van der Waals surface area contributed by atoms with Crippen molar-refractivity contribution in [2.45, 2.75) is 153 Å². The Labute approximate surface area is 352 Å². The Hall–Kier alpha value is -5.05. The average Bonchev–Trinajstić information content (AvgIpc) is 3.87. The van der Waals surface area contributed by atoms with Gasteiger partial charge in [0.1, 0.15) is 36.3 Å². The molecule has 2 saturated heterocycles. The molecule has 0 aromatic heterocycles. The van der Waals surface area contributed by atoms with Crippen LogP contribution < -0.4 is 49.9 Å². The number of guanidine groups is 1. The number of aliphatic carboxylic acids is 1. The number of hydrogen-bond donors (Lipinski definition) is 10. The Balaban J connectivity index is 2.34. The molecule has 7 atom stereocenters. The number of amides is 7. The molecule has 340 valence electrons. The summed E-state index contributed by atoms with van der Waals surface area (Å²) in [6.07, 6.45) is 3.33. The van der Waals surface area contributed by atoms with Gasteiger partial charge in [-0.15, -0.1) is 0 Å². The number of hydrogen-bond acceptors (Lipinski definition) is 11. The van der Waals surface area contributed by atoms with Crippen molar-refractivity contribution in [3.05, 3.63) is 0 Å². The Morgan fingerprint density at radius 1 is 0.667 bits per heavy atom. The maximum Gasteiger partial charge on any atom is 0.326 e. The monoisotopic (exact) mass is 851 g/mol. The molecule has 0 unspecified atom stereocenters. The molecule has 2 aliphatic rings. The Kier molecular flexibility index (Phi) is 21.8. The number of carboxylic acid groups (broad SMARTS) is 1. The minimum atomic E-state index is -1.23. The zero-order valence-electron chi connectivity index (χ0n) is 35.7. The number of nitrogens with one attached hydrogen (secondary N) is 4. The quantitative estimate of drug-likeness (QED) is 0.0253. The first-order chi connectivity index (χ1) is 28.3.